The van der Waals surface area contributed by atoms with E-state index < -0.39 is 0 Å². The van der Waals surface area contributed by atoms with Crippen molar-refractivity contribution in [3.63, 3.8) is 0 Å². The fraction of sp³-hybridized carbons (Fsp3) is 0.476. The number of nitrogen functional groups attached to an aromatic ring is 2. The fourth-order valence-corrected chi connectivity index (χ4v) is 2.95. The summed E-state index contributed by atoms with van der Waals surface area (Å²) in [4.78, 5) is 7.98. The molecule has 0 radical (unpaired) electrons. The third-order valence-electron chi connectivity index (χ3n) is 4.46. The second-order valence-corrected chi connectivity index (χ2v) is 6.65. The van der Waals surface area contributed by atoms with Gasteiger partial charge in [0.2, 0.25) is 5.95 Å². The van der Waals surface area contributed by atoms with Crippen molar-refractivity contribution in [2.24, 2.45) is 0 Å². The van der Waals surface area contributed by atoms with Crippen LogP contribution in [0.15, 0.2) is 24.3 Å². The summed E-state index contributed by atoms with van der Waals surface area (Å²) in [5, 5.41) is 9.28. The first-order chi connectivity index (χ1) is 13.2. The molecule has 1 aromatic carbocycles. The van der Waals surface area contributed by atoms with Crippen molar-refractivity contribution in [1.82, 2.24) is 9.97 Å². The Hall–Kier alpha value is -2.81. The molecule has 0 aliphatic carbocycles. The van der Waals surface area contributed by atoms with Crippen LogP contribution in [0, 0.1) is 11.3 Å². The molecule has 0 aliphatic rings. The third kappa shape index (κ3) is 6.45. The Labute approximate surface area is 161 Å². The van der Waals surface area contributed by atoms with Crippen molar-refractivity contribution in [2.45, 2.75) is 58.3 Å². The highest BCUT2D eigenvalue weighted by Crippen LogP contribution is 2.27. The van der Waals surface area contributed by atoms with Gasteiger partial charge in [-0.15, -0.1) is 0 Å². The van der Waals surface area contributed by atoms with Gasteiger partial charge in [-0.3, -0.25) is 0 Å². The van der Waals surface area contributed by atoms with E-state index in [-0.39, 0.29) is 17.3 Å². The smallest absolute Gasteiger partial charge is 0.222 e. The predicted molar refractivity (Wildman–Crippen MR) is 109 cm³/mol. The second kappa shape index (κ2) is 11.0. The summed E-state index contributed by atoms with van der Waals surface area (Å²) in [6, 6.07) is 9.48. The first-order valence-corrected chi connectivity index (χ1v) is 9.72. The number of rotatable bonds is 11. The van der Waals surface area contributed by atoms with Crippen LogP contribution in [-0.2, 0) is 0 Å². The molecule has 0 unspecified atom stereocenters. The van der Waals surface area contributed by atoms with E-state index in [0.717, 1.165) is 17.7 Å². The highest BCUT2D eigenvalue weighted by atomic mass is 16.5. The lowest BCUT2D eigenvalue weighted by Gasteiger charge is -2.09. The largest absolute Gasteiger partial charge is 0.494 e. The Balaban J connectivity index is 1.80. The molecule has 0 bridgehead atoms. The fourth-order valence-electron chi connectivity index (χ4n) is 2.95. The van der Waals surface area contributed by atoms with Crippen LogP contribution in [0.4, 0.5) is 11.8 Å². The first-order valence-electron chi connectivity index (χ1n) is 9.72. The van der Waals surface area contributed by atoms with Crippen LogP contribution in [-0.4, -0.2) is 16.6 Å². The van der Waals surface area contributed by atoms with Crippen LogP contribution in [0.2, 0.25) is 0 Å². The van der Waals surface area contributed by atoms with Gasteiger partial charge >= 0.3 is 0 Å². The molecule has 0 fully saturated rings. The molecule has 2 aromatic rings. The summed E-state index contributed by atoms with van der Waals surface area (Å²) >= 11 is 0. The number of aromatic nitrogens is 2. The van der Waals surface area contributed by atoms with E-state index in [1.54, 1.807) is 0 Å². The first kappa shape index (κ1) is 20.5. The molecule has 0 amide bonds. The summed E-state index contributed by atoms with van der Waals surface area (Å²) < 4.78 is 5.80. The van der Waals surface area contributed by atoms with Crippen LogP contribution in [0.1, 0.15) is 63.9 Å². The number of anilines is 2. The molecule has 1 aromatic heterocycles. The molecule has 144 valence electrons. The van der Waals surface area contributed by atoms with Crippen molar-refractivity contribution in [3.05, 3.63) is 29.8 Å². The highest BCUT2D eigenvalue weighted by Gasteiger charge is 2.13. The van der Waals surface area contributed by atoms with E-state index >= 15 is 0 Å². The molecule has 0 atom stereocenters. The second-order valence-electron chi connectivity index (χ2n) is 6.65. The lowest BCUT2D eigenvalue weighted by atomic mass is 10.1. The van der Waals surface area contributed by atoms with Gasteiger partial charge in [-0.2, -0.15) is 10.2 Å². The molecule has 0 aliphatic heterocycles. The Kier molecular flexibility index (Phi) is 8.37. The number of unbranched alkanes of at least 4 members (excludes halogenated alkanes) is 7. The van der Waals surface area contributed by atoms with Gasteiger partial charge in [0.1, 0.15) is 23.2 Å². The third-order valence-corrected chi connectivity index (χ3v) is 4.46. The van der Waals surface area contributed by atoms with Crippen molar-refractivity contribution in [1.29, 1.82) is 5.26 Å². The minimum atomic E-state index is 0.0523. The monoisotopic (exact) mass is 367 g/mol. The molecule has 4 N–H and O–H groups in total. The average Bonchev–Trinajstić information content (AvgIpc) is 2.66. The number of nitrogens with two attached hydrogens (primary N) is 2. The number of hydrogen-bond acceptors (Lipinski definition) is 6. The molecule has 0 saturated heterocycles. The average molecular weight is 367 g/mol. The molecule has 27 heavy (non-hydrogen) atoms. The quantitative estimate of drug-likeness (QED) is 0.557. The predicted octanol–water partition coefficient (Wildman–Crippen LogP) is 4.70. The van der Waals surface area contributed by atoms with E-state index in [0.29, 0.717) is 12.3 Å². The van der Waals surface area contributed by atoms with Crippen LogP contribution < -0.4 is 16.2 Å². The van der Waals surface area contributed by atoms with Gasteiger partial charge in [0.15, 0.2) is 0 Å². The molecule has 0 saturated carbocycles. The van der Waals surface area contributed by atoms with E-state index in [2.05, 4.69) is 16.9 Å². The summed E-state index contributed by atoms with van der Waals surface area (Å²) in [5.74, 6) is 0.946. The summed E-state index contributed by atoms with van der Waals surface area (Å²) in [6.45, 7) is 2.95. The standard InChI is InChI=1S/C21H29N5O/c1-2-3-4-5-6-7-8-9-14-27-17-12-10-16(11-13-17)19-18(15-22)20(23)26-21(24)25-19/h10-13H,2-9,14H2,1H3,(H4,23,24,25,26). The number of benzene rings is 1. The molecule has 6 nitrogen and oxygen atoms in total. The molecule has 0 spiro atoms. The highest BCUT2D eigenvalue weighted by molar-refractivity contribution is 5.73. The van der Waals surface area contributed by atoms with Crippen LogP contribution in [0.5, 0.6) is 5.75 Å². The zero-order chi connectivity index (χ0) is 19.5. The Morgan fingerprint density at radius 2 is 1.56 bits per heavy atom. The lowest BCUT2D eigenvalue weighted by molar-refractivity contribution is 0.304. The van der Waals surface area contributed by atoms with Gasteiger partial charge in [0, 0.05) is 5.56 Å². The molecule has 6 heteroatoms. The maximum absolute atomic E-state index is 9.28. The lowest BCUT2D eigenvalue weighted by Crippen LogP contribution is -2.05. The van der Waals surface area contributed by atoms with Gasteiger partial charge in [0.05, 0.1) is 12.3 Å². The minimum Gasteiger partial charge on any atom is -0.494 e. The summed E-state index contributed by atoms with van der Waals surface area (Å²) in [5.41, 5.74) is 12.8. The van der Waals surface area contributed by atoms with E-state index in [1.807, 2.05) is 30.3 Å². The van der Waals surface area contributed by atoms with E-state index in [1.165, 1.54) is 44.9 Å². The van der Waals surface area contributed by atoms with Crippen molar-refractivity contribution < 1.29 is 4.74 Å². The zero-order valence-corrected chi connectivity index (χ0v) is 16.1. The number of nitrogens with zero attached hydrogens (tertiary/aromatic N) is 3. The van der Waals surface area contributed by atoms with Crippen molar-refractivity contribution in [2.75, 3.05) is 18.1 Å². The van der Waals surface area contributed by atoms with Gasteiger partial charge < -0.3 is 16.2 Å². The minimum absolute atomic E-state index is 0.0523. The van der Waals surface area contributed by atoms with E-state index in [4.69, 9.17) is 16.2 Å². The van der Waals surface area contributed by atoms with Gasteiger partial charge in [-0.1, -0.05) is 51.9 Å². The van der Waals surface area contributed by atoms with Crippen LogP contribution in [0.25, 0.3) is 11.3 Å². The molecular formula is C21H29N5O. The Morgan fingerprint density at radius 1 is 0.926 bits per heavy atom. The normalized spacial score (nSPS) is 10.5. The number of ether oxygens (including phenoxy) is 1. The van der Waals surface area contributed by atoms with E-state index in [9.17, 15) is 5.26 Å². The van der Waals surface area contributed by atoms with Crippen LogP contribution >= 0.6 is 0 Å². The number of nitriles is 1. The topological polar surface area (TPSA) is 111 Å². The molecule has 1 heterocycles. The molecule has 2 rings (SSSR count). The SMILES string of the molecule is CCCCCCCCCCOc1ccc(-c2nc(N)nc(N)c2C#N)cc1. The molecular weight excluding hydrogens is 338 g/mol. The maximum atomic E-state index is 9.28. The van der Waals surface area contributed by atoms with Gasteiger partial charge in [-0.05, 0) is 30.7 Å². The Bertz CT molecular complexity index is 752. The van der Waals surface area contributed by atoms with Crippen LogP contribution in [0.3, 0.4) is 0 Å². The van der Waals surface area contributed by atoms with Crippen molar-refractivity contribution >= 4 is 11.8 Å². The van der Waals surface area contributed by atoms with Crippen molar-refractivity contribution in [3.8, 4) is 23.1 Å². The summed E-state index contributed by atoms with van der Waals surface area (Å²) in [6.07, 6.45) is 10.2. The Morgan fingerprint density at radius 3 is 2.19 bits per heavy atom. The zero-order valence-electron chi connectivity index (χ0n) is 16.1. The number of hydrogen-bond donors (Lipinski definition) is 2. The van der Waals surface area contributed by atoms with Gasteiger partial charge in [-0.25, -0.2) is 4.98 Å². The summed E-state index contributed by atoms with van der Waals surface area (Å²) in [7, 11) is 0. The van der Waals surface area contributed by atoms with Gasteiger partial charge in [0.25, 0.3) is 0 Å². The maximum Gasteiger partial charge on any atom is 0.222 e.